The first kappa shape index (κ1) is 14.2. The molecule has 0 unspecified atom stereocenters. The molecule has 1 aromatic rings. The average Bonchev–Trinajstić information content (AvgIpc) is 2.86. The number of hydrogen-bond acceptors (Lipinski definition) is 4. The van der Waals surface area contributed by atoms with Crippen molar-refractivity contribution in [1.29, 1.82) is 0 Å². The molecule has 2 heterocycles. The fraction of sp³-hybridized carbons (Fsp3) is 0.625. The largest absolute Gasteiger partial charge is 0.374 e. The molecule has 0 amide bonds. The normalized spacial score (nSPS) is 19.4. The van der Waals surface area contributed by atoms with Crippen molar-refractivity contribution in [3.05, 3.63) is 29.3 Å². The molecule has 1 N–H and O–H groups in total. The zero-order valence-corrected chi connectivity index (χ0v) is 13.2. The first-order valence-electron chi connectivity index (χ1n) is 7.67. The van der Waals surface area contributed by atoms with Gasteiger partial charge in [0.05, 0.1) is 0 Å². The minimum atomic E-state index is 1.000. The van der Waals surface area contributed by atoms with Gasteiger partial charge in [-0.05, 0) is 23.6 Å². The van der Waals surface area contributed by atoms with Crippen molar-refractivity contribution < 1.29 is 0 Å². The molecule has 3 nitrogen and oxygen atoms in total. The van der Waals surface area contributed by atoms with Crippen LogP contribution in [0.15, 0.2) is 18.2 Å². The van der Waals surface area contributed by atoms with E-state index in [4.69, 9.17) is 0 Å². The van der Waals surface area contributed by atoms with Crippen molar-refractivity contribution >= 4 is 17.4 Å². The third kappa shape index (κ3) is 3.48. The summed E-state index contributed by atoms with van der Waals surface area (Å²) in [6.45, 7) is 6.98. The highest BCUT2D eigenvalue weighted by molar-refractivity contribution is 7.99. The van der Waals surface area contributed by atoms with E-state index in [2.05, 4.69) is 52.1 Å². The molecule has 110 valence electrons. The Kier molecular flexibility index (Phi) is 4.86. The van der Waals surface area contributed by atoms with Gasteiger partial charge in [0.2, 0.25) is 0 Å². The van der Waals surface area contributed by atoms with Crippen LogP contribution in [-0.4, -0.2) is 56.2 Å². The van der Waals surface area contributed by atoms with Crippen LogP contribution in [0.5, 0.6) is 0 Å². The molecule has 1 saturated heterocycles. The molecule has 20 heavy (non-hydrogen) atoms. The monoisotopic (exact) mass is 291 g/mol. The Bertz CT molecular complexity index is 443. The van der Waals surface area contributed by atoms with Crippen LogP contribution in [0.4, 0.5) is 5.69 Å². The van der Waals surface area contributed by atoms with E-state index in [1.165, 1.54) is 60.9 Å². The van der Waals surface area contributed by atoms with Gasteiger partial charge in [-0.1, -0.05) is 12.1 Å². The van der Waals surface area contributed by atoms with Gasteiger partial charge in [0.1, 0.15) is 0 Å². The zero-order valence-electron chi connectivity index (χ0n) is 12.4. The highest BCUT2D eigenvalue weighted by Gasteiger charge is 2.15. The first-order chi connectivity index (χ1) is 9.83. The summed E-state index contributed by atoms with van der Waals surface area (Å²) in [5.41, 5.74) is 4.35. The summed E-state index contributed by atoms with van der Waals surface area (Å²) in [5.74, 6) is 2.61. The number of rotatable bonds is 5. The molecule has 0 aliphatic carbocycles. The maximum atomic E-state index is 3.59. The van der Waals surface area contributed by atoms with E-state index in [0.717, 1.165) is 13.1 Å². The third-order valence-corrected chi connectivity index (χ3v) is 5.25. The molecular weight excluding hydrogens is 266 g/mol. The van der Waals surface area contributed by atoms with Gasteiger partial charge < -0.3 is 15.1 Å². The average molecular weight is 291 g/mol. The second-order valence-corrected chi connectivity index (χ2v) is 6.99. The van der Waals surface area contributed by atoms with Crippen molar-refractivity contribution in [1.82, 2.24) is 10.2 Å². The molecule has 0 bridgehead atoms. The van der Waals surface area contributed by atoms with Crippen LogP contribution in [-0.2, 0) is 13.0 Å². The Labute approximate surface area is 126 Å². The third-order valence-electron chi connectivity index (χ3n) is 4.31. The smallest absolute Gasteiger partial charge is 0.0397 e. The summed E-state index contributed by atoms with van der Waals surface area (Å²) in [6, 6.07) is 6.93. The molecule has 0 saturated carbocycles. The zero-order chi connectivity index (χ0) is 13.8. The predicted octanol–water partition coefficient (Wildman–Crippen LogP) is 1.82. The van der Waals surface area contributed by atoms with Crippen molar-refractivity contribution in [3.8, 4) is 0 Å². The second-order valence-electron chi connectivity index (χ2n) is 5.77. The molecule has 1 aromatic carbocycles. The van der Waals surface area contributed by atoms with Crippen LogP contribution in [0, 0.1) is 0 Å². The molecule has 0 radical (unpaired) electrons. The quantitative estimate of drug-likeness (QED) is 0.834. The van der Waals surface area contributed by atoms with E-state index >= 15 is 0 Å². The van der Waals surface area contributed by atoms with Gasteiger partial charge in [0, 0.05) is 63.5 Å². The van der Waals surface area contributed by atoms with Crippen molar-refractivity contribution in [2.24, 2.45) is 0 Å². The minimum Gasteiger partial charge on any atom is -0.374 e. The maximum absolute atomic E-state index is 3.59. The van der Waals surface area contributed by atoms with Gasteiger partial charge in [0.25, 0.3) is 0 Å². The van der Waals surface area contributed by atoms with Crippen molar-refractivity contribution in [2.45, 2.75) is 13.0 Å². The molecule has 3 rings (SSSR count). The van der Waals surface area contributed by atoms with E-state index in [-0.39, 0.29) is 0 Å². The number of nitrogens with zero attached hydrogens (tertiary/aromatic N) is 2. The van der Waals surface area contributed by atoms with Crippen LogP contribution < -0.4 is 10.2 Å². The first-order valence-corrected chi connectivity index (χ1v) is 8.82. The lowest BCUT2D eigenvalue weighted by atomic mass is 10.1. The molecular formula is C16H25N3S. The van der Waals surface area contributed by atoms with E-state index in [9.17, 15) is 0 Å². The Balaban J connectivity index is 1.42. The lowest BCUT2D eigenvalue weighted by molar-refractivity contribution is 0.301. The fourth-order valence-corrected chi connectivity index (χ4v) is 4.00. The molecule has 0 atom stereocenters. The second kappa shape index (κ2) is 6.83. The number of likely N-dealkylation sites (N-methyl/N-ethyl adjacent to an activating group) is 1. The number of thioether (sulfide) groups is 1. The summed E-state index contributed by atoms with van der Waals surface area (Å²) in [6.07, 6.45) is 1.20. The number of fused-ring (bicyclic) bond motifs is 1. The van der Waals surface area contributed by atoms with Crippen LogP contribution in [0.2, 0.25) is 0 Å². The summed E-state index contributed by atoms with van der Waals surface area (Å²) in [4.78, 5) is 4.92. The van der Waals surface area contributed by atoms with Crippen LogP contribution >= 0.6 is 11.8 Å². The van der Waals surface area contributed by atoms with E-state index < -0.39 is 0 Å². The molecule has 0 aromatic heterocycles. The van der Waals surface area contributed by atoms with Gasteiger partial charge in [-0.2, -0.15) is 11.8 Å². The Morgan fingerprint density at radius 3 is 2.90 bits per heavy atom. The van der Waals surface area contributed by atoms with Gasteiger partial charge in [-0.15, -0.1) is 0 Å². The molecule has 2 aliphatic heterocycles. The Morgan fingerprint density at radius 2 is 2.05 bits per heavy atom. The highest BCUT2D eigenvalue weighted by Crippen LogP contribution is 2.27. The molecule has 0 spiro atoms. The maximum Gasteiger partial charge on any atom is 0.0397 e. The molecule has 2 aliphatic rings. The number of nitrogens with one attached hydrogen (secondary N) is 1. The van der Waals surface area contributed by atoms with E-state index in [1.54, 1.807) is 0 Å². The lowest BCUT2D eigenvalue weighted by Gasteiger charge is -2.26. The van der Waals surface area contributed by atoms with E-state index in [0.29, 0.717) is 0 Å². The van der Waals surface area contributed by atoms with Gasteiger partial charge in [-0.3, -0.25) is 0 Å². The number of anilines is 1. The van der Waals surface area contributed by atoms with Crippen molar-refractivity contribution in [2.75, 3.05) is 56.2 Å². The lowest BCUT2D eigenvalue weighted by Crippen LogP contribution is -2.37. The summed E-state index contributed by atoms with van der Waals surface area (Å²) in [5, 5.41) is 3.59. The van der Waals surface area contributed by atoms with Gasteiger partial charge in [-0.25, -0.2) is 0 Å². The molecule has 4 heteroatoms. The van der Waals surface area contributed by atoms with Crippen LogP contribution in [0.25, 0.3) is 0 Å². The Morgan fingerprint density at radius 1 is 1.20 bits per heavy atom. The standard InChI is InChI=1S/C16H25N3S/c1-18-6-4-15-12-14(2-3-16(15)18)13-17-5-7-19-8-10-20-11-9-19/h2-3,12,17H,4-11,13H2,1H3. The van der Waals surface area contributed by atoms with Crippen molar-refractivity contribution in [3.63, 3.8) is 0 Å². The summed E-state index contributed by atoms with van der Waals surface area (Å²) >= 11 is 2.08. The Hall–Kier alpha value is -0.710. The highest BCUT2D eigenvalue weighted by atomic mass is 32.2. The summed E-state index contributed by atoms with van der Waals surface area (Å²) < 4.78 is 0. The van der Waals surface area contributed by atoms with Crippen LogP contribution in [0.3, 0.4) is 0 Å². The number of hydrogen-bond donors (Lipinski definition) is 1. The SMILES string of the molecule is CN1CCc2cc(CNCCN3CCSCC3)ccc21. The van der Waals surface area contributed by atoms with Gasteiger partial charge >= 0.3 is 0 Å². The van der Waals surface area contributed by atoms with Crippen LogP contribution in [0.1, 0.15) is 11.1 Å². The topological polar surface area (TPSA) is 18.5 Å². The minimum absolute atomic E-state index is 1.000. The molecule has 1 fully saturated rings. The fourth-order valence-electron chi connectivity index (χ4n) is 3.02. The predicted molar refractivity (Wildman–Crippen MR) is 88.9 cm³/mol. The van der Waals surface area contributed by atoms with Gasteiger partial charge in [0.15, 0.2) is 0 Å². The number of benzene rings is 1. The van der Waals surface area contributed by atoms with E-state index in [1.807, 2.05) is 0 Å². The summed E-state index contributed by atoms with van der Waals surface area (Å²) in [7, 11) is 2.18.